The SMILES string of the molecule is CC(=O)C=O.COCCOCCc1ccc(C(=O)NN)c(NN)c1CCOCCOC. The van der Waals surface area contributed by atoms with Crippen molar-refractivity contribution in [2.24, 2.45) is 11.7 Å². The summed E-state index contributed by atoms with van der Waals surface area (Å²) >= 11 is 0. The number of Topliss-reactive ketones (excluding diaryl/α,β-unsaturated/α-hetero) is 1. The van der Waals surface area contributed by atoms with E-state index in [9.17, 15) is 9.59 Å². The van der Waals surface area contributed by atoms with E-state index >= 15 is 0 Å². The zero-order chi connectivity index (χ0) is 23.5. The van der Waals surface area contributed by atoms with Crippen molar-refractivity contribution in [3.63, 3.8) is 0 Å². The molecule has 0 atom stereocenters. The second kappa shape index (κ2) is 18.4. The highest BCUT2D eigenvalue weighted by Gasteiger charge is 2.17. The van der Waals surface area contributed by atoms with Crippen molar-refractivity contribution in [3.05, 3.63) is 28.8 Å². The third kappa shape index (κ3) is 12.1. The second-order valence-corrected chi connectivity index (χ2v) is 6.18. The monoisotopic (exact) mass is 442 g/mol. The van der Waals surface area contributed by atoms with E-state index in [1.54, 1.807) is 20.3 Å². The second-order valence-electron chi connectivity index (χ2n) is 6.18. The third-order valence-corrected chi connectivity index (χ3v) is 3.97. The number of rotatable bonds is 15. The number of carbonyl (C=O) groups excluding carboxylic acids is 3. The molecule has 1 rings (SSSR count). The van der Waals surface area contributed by atoms with E-state index in [0.717, 1.165) is 11.1 Å². The quantitative estimate of drug-likeness (QED) is 0.0711. The highest BCUT2D eigenvalue weighted by atomic mass is 16.5. The van der Waals surface area contributed by atoms with E-state index in [0.29, 0.717) is 63.7 Å². The maximum Gasteiger partial charge on any atom is 0.267 e. The number of ether oxygens (including phenoxy) is 4. The number of ketones is 1. The molecule has 11 heteroatoms. The molecule has 0 heterocycles. The van der Waals surface area contributed by atoms with Crippen LogP contribution in [0.2, 0.25) is 0 Å². The fraction of sp³-hybridized carbons (Fsp3) is 0.550. The maximum absolute atomic E-state index is 12.0. The predicted molar refractivity (Wildman–Crippen MR) is 115 cm³/mol. The Kier molecular flexibility index (Phi) is 16.9. The van der Waals surface area contributed by atoms with Gasteiger partial charge in [0.2, 0.25) is 0 Å². The summed E-state index contributed by atoms with van der Waals surface area (Å²) in [6.07, 6.45) is 1.54. The molecule has 0 radical (unpaired) electrons. The van der Waals surface area contributed by atoms with Crippen molar-refractivity contribution in [1.29, 1.82) is 0 Å². The van der Waals surface area contributed by atoms with Crippen molar-refractivity contribution < 1.29 is 33.3 Å². The third-order valence-electron chi connectivity index (χ3n) is 3.97. The van der Waals surface area contributed by atoms with Crippen molar-refractivity contribution in [3.8, 4) is 0 Å². The number of anilines is 1. The summed E-state index contributed by atoms with van der Waals surface area (Å²) < 4.78 is 21.0. The fourth-order valence-corrected chi connectivity index (χ4v) is 2.49. The van der Waals surface area contributed by atoms with Gasteiger partial charge in [-0.1, -0.05) is 6.07 Å². The highest BCUT2D eigenvalue weighted by molar-refractivity contribution is 6.23. The average Bonchev–Trinajstić information content (AvgIpc) is 2.78. The van der Waals surface area contributed by atoms with E-state index in [1.807, 2.05) is 6.07 Å². The minimum absolute atomic E-state index is 0.278. The Morgan fingerprint density at radius 2 is 1.48 bits per heavy atom. The van der Waals surface area contributed by atoms with Gasteiger partial charge in [-0.3, -0.25) is 25.7 Å². The van der Waals surface area contributed by atoms with Crippen LogP contribution < -0.4 is 22.5 Å². The topological polar surface area (TPSA) is 164 Å². The molecule has 176 valence electrons. The van der Waals surface area contributed by atoms with Crippen LogP contribution in [-0.2, 0) is 41.4 Å². The lowest BCUT2D eigenvalue weighted by Gasteiger charge is -2.18. The summed E-state index contributed by atoms with van der Waals surface area (Å²) in [5.74, 6) is 10.1. The molecule has 31 heavy (non-hydrogen) atoms. The number of benzene rings is 1. The van der Waals surface area contributed by atoms with Gasteiger partial charge in [0.15, 0.2) is 12.1 Å². The fourth-order valence-electron chi connectivity index (χ4n) is 2.49. The average molecular weight is 443 g/mol. The van der Waals surface area contributed by atoms with Gasteiger partial charge in [-0.15, -0.1) is 0 Å². The summed E-state index contributed by atoms with van der Waals surface area (Å²) in [7, 11) is 3.25. The molecule has 1 amide bonds. The molecule has 0 unspecified atom stereocenters. The molecular weight excluding hydrogens is 408 g/mol. The van der Waals surface area contributed by atoms with E-state index in [1.165, 1.54) is 6.92 Å². The Labute approximate surface area is 182 Å². The molecule has 0 aromatic heterocycles. The molecule has 0 aliphatic carbocycles. The van der Waals surface area contributed by atoms with Gasteiger partial charge < -0.3 is 24.4 Å². The number of carbonyl (C=O) groups is 3. The lowest BCUT2D eigenvalue weighted by atomic mass is 9.96. The first-order valence-corrected chi connectivity index (χ1v) is 9.68. The Balaban J connectivity index is 0.00000161. The van der Waals surface area contributed by atoms with Crippen LogP contribution in [0.25, 0.3) is 0 Å². The lowest BCUT2D eigenvalue weighted by Crippen LogP contribution is -2.31. The molecule has 0 aliphatic heterocycles. The van der Waals surface area contributed by atoms with Crippen LogP contribution in [0.5, 0.6) is 0 Å². The van der Waals surface area contributed by atoms with E-state index in [-0.39, 0.29) is 6.29 Å². The van der Waals surface area contributed by atoms with Crippen LogP contribution in [0.1, 0.15) is 28.4 Å². The number of hydrogen-bond donors (Lipinski definition) is 4. The molecule has 0 saturated heterocycles. The van der Waals surface area contributed by atoms with Crippen LogP contribution >= 0.6 is 0 Å². The van der Waals surface area contributed by atoms with Gasteiger partial charge in [-0.2, -0.15) is 0 Å². The minimum atomic E-state index is -0.426. The first-order valence-electron chi connectivity index (χ1n) is 9.68. The molecule has 0 spiro atoms. The van der Waals surface area contributed by atoms with Crippen molar-refractivity contribution >= 4 is 23.7 Å². The molecule has 6 N–H and O–H groups in total. The molecular formula is C20H34N4O7. The van der Waals surface area contributed by atoms with Crippen LogP contribution in [-0.4, -0.2) is 71.8 Å². The molecule has 1 aromatic rings. The van der Waals surface area contributed by atoms with Gasteiger partial charge >= 0.3 is 0 Å². The standard InChI is InChI=1S/C17H30N4O5.C3H4O2/c1-23-9-11-25-7-5-13-3-4-15(17(22)21-19)16(20-18)14(13)6-8-26-12-10-24-2;1-3(5)2-4/h3-4,20H,5-12,18-19H2,1-2H3,(H,21,22);2H,1H3. The van der Waals surface area contributed by atoms with E-state index < -0.39 is 11.7 Å². The molecule has 0 bridgehead atoms. The van der Waals surface area contributed by atoms with Crippen molar-refractivity contribution in [1.82, 2.24) is 5.43 Å². The Bertz CT molecular complexity index is 671. The van der Waals surface area contributed by atoms with Gasteiger partial charge in [-0.05, 0) is 30.0 Å². The zero-order valence-corrected chi connectivity index (χ0v) is 18.4. The zero-order valence-electron chi connectivity index (χ0n) is 18.4. The summed E-state index contributed by atoms with van der Waals surface area (Å²) in [6.45, 7) is 4.33. The normalized spacial score (nSPS) is 10.1. The minimum Gasteiger partial charge on any atom is -0.382 e. The first kappa shape index (κ1) is 28.6. The Hall–Kier alpha value is -2.41. The number of methoxy groups -OCH3 is 2. The van der Waals surface area contributed by atoms with Gasteiger partial charge in [0.25, 0.3) is 5.91 Å². The molecule has 1 aromatic carbocycles. The van der Waals surface area contributed by atoms with Gasteiger partial charge in [0.05, 0.1) is 50.9 Å². The highest BCUT2D eigenvalue weighted by Crippen LogP contribution is 2.26. The number of nitrogens with two attached hydrogens (primary N) is 2. The van der Waals surface area contributed by atoms with Crippen LogP contribution in [0.4, 0.5) is 5.69 Å². The summed E-state index contributed by atoms with van der Waals surface area (Å²) in [4.78, 5) is 30.6. The van der Waals surface area contributed by atoms with Gasteiger partial charge in [-0.25, -0.2) is 5.84 Å². The predicted octanol–water partition coefficient (Wildman–Crippen LogP) is -0.239. The van der Waals surface area contributed by atoms with E-state index in [2.05, 4.69) is 10.9 Å². The Morgan fingerprint density at radius 1 is 0.935 bits per heavy atom. The number of hydrogen-bond acceptors (Lipinski definition) is 10. The van der Waals surface area contributed by atoms with Crippen LogP contribution in [0.3, 0.4) is 0 Å². The number of nitrogen functional groups attached to an aromatic ring is 2. The van der Waals surface area contributed by atoms with Crippen molar-refractivity contribution in [2.45, 2.75) is 19.8 Å². The number of aldehydes is 1. The molecule has 0 aliphatic rings. The van der Waals surface area contributed by atoms with Crippen LogP contribution in [0, 0.1) is 0 Å². The number of hydrazine groups is 2. The molecule has 0 fully saturated rings. The number of nitrogens with one attached hydrogen (secondary N) is 2. The Morgan fingerprint density at radius 3 is 1.94 bits per heavy atom. The van der Waals surface area contributed by atoms with Gasteiger partial charge in [0, 0.05) is 21.1 Å². The maximum atomic E-state index is 12.0. The molecule has 0 saturated carbocycles. The first-order chi connectivity index (χ1) is 15.0. The number of amides is 1. The van der Waals surface area contributed by atoms with E-state index in [4.69, 9.17) is 35.4 Å². The smallest absolute Gasteiger partial charge is 0.267 e. The summed E-state index contributed by atoms with van der Waals surface area (Å²) in [5.41, 5.74) is 7.61. The van der Waals surface area contributed by atoms with Gasteiger partial charge in [0.1, 0.15) is 0 Å². The summed E-state index contributed by atoms with van der Waals surface area (Å²) in [5, 5.41) is 0. The lowest BCUT2D eigenvalue weighted by molar-refractivity contribution is -0.128. The van der Waals surface area contributed by atoms with Crippen LogP contribution in [0.15, 0.2) is 12.1 Å². The summed E-state index contributed by atoms with van der Waals surface area (Å²) in [6, 6.07) is 3.58. The van der Waals surface area contributed by atoms with Crippen molar-refractivity contribution in [2.75, 3.05) is 59.3 Å². The largest absolute Gasteiger partial charge is 0.382 e. The molecule has 11 nitrogen and oxygen atoms in total.